The molecule has 0 saturated carbocycles. The fraction of sp³-hybridized carbons (Fsp3) is 0.632. The minimum Gasteiger partial charge on any atom is -0.493 e. The number of hydrogen-bond acceptors (Lipinski definition) is 4. The summed E-state index contributed by atoms with van der Waals surface area (Å²) in [5, 5.41) is 6.63. The van der Waals surface area contributed by atoms with Crippen molar-refractivity contribution in [2.45, 2.75) is 39.2 Å². The van der Waals surface area contributed by atoms with Gasteiger partial charge >= 0.3 is 0 Å². The third kappa shape index (κ3) is 6.83. The summed E-state index contributed by atoms with van der Waals surface area (Å²) in [7, 11) is 3.28. The fourth-order valence-electron chi connectivity index (χ4n) is 3.14. The molecule has 2 N–H and O–H groups in total. The van der Waals surface area contributed by atoms with Crippen molar-refractivity contribution in [2.75, 3.05) is 45.7 Å². The Morgan fingerprint density at radius 3 is 2.65 bits per heavy atom. The lowest BCUT2D eigenvalue weighted by atomic mass is 10.0. The van der Waals surface area contributed by atoms with E-state index in [0.29, 0.717) is 17.5 Å². The number of nitrogens with zero attached hydrogens (tertiary/aromatic N) is 2. The molecule has 0 aliphatic carbocycles. The maximum atomic E-state index is 5.36. The van der Waals surface area contributed by atoms with E-state index >= 15 is 0 Å². The standard InChI is InChI=1S/C19H32N4O2.HI/c1-5-20-19(21-11-13-23-12-7-6-8-15(23)2)22-16-9-10-17(24-3)18(14-16)25-4;/h9-10,14-15H,5-8,11-13H2,1-4H3,(H2,20,21,22);1H. The average molecular weight is 476 g/mol. The number of aliphatic imine (C=N–C) groups is 1. The molecule has 1 atom stereocenters. The quantitative estimate of drug-likeness (QED) is 0.358. The second-order valence-electron chi connectivity index (χ2n) is 6.34. The second kappa shape index (κ2) is 12.2. The molecule has 7 heteroatoms. The molecule has 1 aromatic rings. The van der Waals surface area contributed by atoms with E-state index in [-0.39, 0.29) is 24.0 Å². The summed E-state index contributed by atoms with van der Waals surface area (Å²) in [5.74, 6) is 2.21. The largest absolute Gasteiger partial charge is 0.493 e. The minimum atomic E-state index is 0. The lowest BCUT2D eigenvalue weighted by Gasteiger charge is -2.32. The van der Waals surface area contributed by atoms with Crippen molar-refractivity contribution in [3.63, 3.8) is 0 Å². The minimum absolute atomic E-state index is 0. The smallest absolute Gasteiger partial charge is 0.195 e. The molecule has 1 saturated heterocycles. The number of guanidine groups is 1. The highest BCUT2D eigenvalue weighted by Gasteiger charge is 2.17. The van der Waals surface area contributed by atoms with Crippen molar-refractivity contribution in [1.29, 1.82) is 0 Å². The van der Waals surface area contributed by atoms with E-state index < -0.39 is 0 Å². The fourth-order valence-corrected chi connectivity index (χ4v) is 3.14. The molecule has 0 aromatic heterocycles. The van der Waals surface area contributed by atoms with Gasteiger partial charge in [-0.25, -0.2) is 0 Å². The Kier molecular flexibility index (Phi) is 10.7. The second-order valence-corrected chi connectivity index (χ2v) is 6.34. The van der Waals surface area contributed by atoms with E-state index in [2.05, 4.69) is 29.4 Å². The van der Waals surface area contributed by atoms with Crippen molar-refractivity contribution >= 4 is 35.6 Å². The number of nitrogens with one attached hydrogen (secondary N) is 2. The molecule has 6 nitrogen and oxygen atoms in total. The molecule has 1 heterocycles. The van der Waals surface area contributed by atoms with Crippen molar-refractivity contribution in [3.05, 3.63) is 18.2 Å². The maximum Gasteiger partial charge on any atom is 0.195 e. The third-order valence-electron chi connectivity index (χ3n) is 4.59. The first kappa shape index (κ1) is 22.8. The molecular weight excluding hydrogens is 443 g/mol. The highest BCUT2D eigenvalue weighted by molar-refractivity contribution is 14.0. The van der Waals surface area contributed by atoms with E-state index in [4.69, 9.17) is 14.5 Å². The summed E-state index contributed by atoms with van der Waals surface area (Å²) in [4.78, 5) is 7.25. The molecule has 0 amide bonds. The summed E-state index contributed by atoms with van der Waals surface area (Å²) in [6.07, 6.45) is 3.95. The molecule has 1 aliphatic rings. The molecule has 148 valence electrons. The first-order valence-electron chi connectivity index (χ1n) is 9.19. The number of halogens is 1. The van der Waals surface area contributed by atoms with Gasteiger partial charge in [0.1, 0.15) is 0 Å². The van der Waals surface area contributed by atoms with Gasteiger partial charge in [-0.05, 0) is 45.4 Å². The van der Waals surface area contributed by atoms with Crippen LogP contribution in [0.1, 0.15) is 33.1 Å². The molecule has 0 bridgehead atoms. The summed E-state index contributed by atoms with van der Waals surface area (Å²) in [5.41, 5.74) is 0.920. The lowest BCUT2D eigenvalue weighted by molar-refractivity contribution is 0.166. The van der Waals surface area contributed by atoms with Gasteiger partial charge in [-0.2, -0.15) is 0 Å². The predicted molar refractivity (Wildman–Crippen MR) is 119 cm³/mol. The van der Waals surface area contributed by atoms with E-state index in [0.717, 1.165) is 31.3 Å². The van der Waals surface area contributed by atoms with Crippen molar-refractivity contribution in [2.24, 2.45) is 4.99 Å². The van der Waals surface area contributed by atoms with Gasteiger partial charge in [-0.15, -0.1) is 24.0 Å². The first-order chi connectivity index (χ1) is 12.2. The van der Waals surface area contributed by atoms with Crippen LogP contribution in [0.3, 0.4) is 0 Å². The number of benzene rings is 1. The Labute approximate surface area is 174 Å². The van der Waals surface area contributed by atoms with Crippen LogP contribution in [0.2, 0.25) is 0 Å². The molecule has 1 unspecified atom stereocenters. The summed E-state index contributed by atoms with van der Waals surface area (Å²) in [6, 6.07) is 6.43. The van der Waals surface area contributed by atoms with Crippen LogP contribution in [0.5, 0.6) is 11.5 Å². The number of hydrogen-bond donors (Lipinski definition) is 2. The number of rotatable bonds is 7. The number of piperidine rings is 1. The van der Waals surface area contributed by atoms with E-state index in [1.54, 1.807) is 14.2 Å². The zero-order chi connectivity index (χ0) is 18.1. The monoisotopic (exact) mass is 476 g/mol. The molecule has 0 spiro atoms. The topological polar surface area (TPSA) is 58.1 Å². The van der Waals surface area contributed by atoms with Gasteiger partial charge in [0.25, 0.3) is 0 Å². The number of likely N-dealkylation sites (tertiary alicyclic amines) is 1. The van der Waals surface area contributed by atoms with Crippen molar-refractivity contribution in [1.82, 2.24) is 10.2 Å². The van der Waals surface area contributed by atoms with Gasteiger partial charge in [-0.1, -0.05) is 6.42 Å². The van der Waals surface area contributed by atoms with Crippen LogP contribution in [0.25, 0.3) is 0 Å². The average Bonchev–Trinajstić information content (AvgIpc) is 2.63. The normalized spacial score (nSPS) is 18.0. The van der Waals surface area contributed by atoms with Crippen LogP contribution >= 0.6 is 24.0 Å². The van der Waals surface area contributed by atoms with Crippen LogP contribution in [0.4, 0.5) is 5.69 Å². The van der Waals surface area contributed by atoms with Gasteiger partial charge in [-0.3, -0.25) is 9.89 Å². The van der Waals surface area contributed by atoms with Crippen LogP contribution < -0.4 is 20.1 Å². The predicted octanol–water partition coefficient (Wildman–Crippen LogP) is 3.57. The van der Waals surface area contributed by atoms with E-state index in [1.165, 1.54) is 25.8 Å². The van der Waals surface area contributed by atoms with Crippen LogP contribution in [-0.2, 0) is 0 Å². The molecule has 0 radical (unpaired) electrons. The number of anilines is 1. The third-order valence-corrected chi connectivity index (χ3v) is 4.59. The molecular formula is C19H33IN4O2. The summed E-state index contributed by atoms with van der Waals surface area (Å²) >= 11 is 0. The zero-order valence-corrected chi connectivity index (χ0v) is 18.7. The molecule has 26 heavy (non-hydrogen) atoms. The van der Waals surface area contributed by atoms with Gasteiger partial charge in [0.15, 0.2) is 17.5 Å². The Hall–Kier alpha value is -1.22. The first-order valence-corrected chi connectivity index (χ1v) is 9.19. The van der Waals surface area contributed by atoms with Crippen LogP contribution in [-0.4, -0.2) is 57.3 Å². The Morgan fingerprint density at radius 1 is 1.23 bits per heavy atom. The molecule has 2 rings (SSSR count). The van der Waals surface area contributed by atoms with E-state index in [9.17, 15) is 0 Å². The number of ether oxygens (including phenoxy) is 2. The van der Waals surface area contributed by atoms with Crippen molar-refractivity contribution < 1.29 is 9.47 Å². The van der Waals surface area contributed by atoms with E-state index in [1.807, 2.05) is 18.2 Å². The maximum absolute atomic E-state index is 5.36. The van der Waals surface area contributed by atoms with Gasteiger partial charge in [0.05, 0.1) is 20.8 Å². The van der Waals surface area contributed by atoms with Crippen LogP contribution in [0.15, 0.2) is 23.2 Å². The Balaban J connectivity index is 0.00000338. The summed E-state index contributed by atoms with van der Waals surface area (Å²) in [6.45, 7) is 8.18. The SMILES string of the molecule is CCNC(=NCCN1CCCCC1C)Nc1ccc(OC)c(OC)c1.I. The summed E-state index contributed by atoms with van der Waals surface area (Å²) < 4.78 is 10.6. The van der Waals surface area contributed by atoms with Crippen molar-refractivity contribution in [3.8, 4) is 11.5 Å². The van der Waals surface area contributed by atoms with Gasteiger partial charge in [0, 0.05) is 30.9 Å². The highest BCUT2D eigenvalue weighted by Crippen LogP contribution is 2.29. The number of methoxy groups -OCH3 is 2. The van der Waals surface area contributed by atoms with Gasteiger partial charge < -0.3 is 20.1 Å². The molecule has 1 aromatic carbocycles. The Morgan fingerprint density at radius 2 is 2.00 bits per heavy atom. The molecule has 1 aliphatic heterocycles. The highest BCUT2D eigenvalue weighted by atomic mass is 127. The Bertz CT molecular complexity index is 568. The lowest BCUT2D eigenvalue weighted by Crippen LogP contribution is -2.39. The molecule has 1 fully saturated rings. The zero-order valence-electron chi connectivity index (χ0n) is 16.4. The van der Waals surface area contributed by atoms with Crippen LogP contribution in [0, 0.1) is 0 Å². The van der Waals surface area contributed by atoms with Gasteiger partial charge in [0.2, 0.25) is 0 Å².